The van der Waals surface area contributed by atoms with E-state index in [9.17, 15) is 9.90 Å². The van der Waals surface area contributed by atoms with Gasteiger partial charge in [-0.2, -0.15) is 0 Å². The summed E-state index contributed by atoms with van der Waals surface area (Å²) in [6, 6.07) is 7.99. The van der Waals surface area contributed by atoms with Gasteiger partial charge in [0.15, 0.2) is 0 Å². The fourth-order valence-electron chi connectivity index (χ4n) is 3.11. The van der Waals surface area contributed by atoms with Crippen LogP contribution in [0.25, 0.3) is 0 Å². The van der Waals surface area contributed by atoms with Crippen molar-refractivity contribution >= 4 is 11.6 Å². The minimum Gasteiger partial charge on any atom is -0.389 e. The van der Waals surface area contributed by atoms with Crippen molar-refractivity contribution in [2.75, 3.05) is 11.9 Å². The standard InChI is InChI=1S/C18H28N2O2/c1-14(16-8-7-9-17(12-16)20-15(2)21)19-13-18(22)10-5-3-4-6-11-18/h7-9,12,14,19,22H,3-6,10-11,13H2,1-2H3,(H,20,21). The molecule has 122 valence electrons. The Morgan fingerprint density at radius 2 is 1.95 bits per heavy atom. The molecular weight excluding hydrogens is 276 g/mol. The van der Waals surface area contributed by atoms with Crippen LogP contribution in [0.15, 0.2) is 24.3 Å². The Morgan fingerprint density at radius 3 is 2.59 bits per heavy atom. The Hall–Kier alpha value is -1.39. The molecule has 22 heavy (non-hydrogen) atoms. The maximum absolute atomic E-state index is 11.1. The highest BCUT2D eigenvalue weighted by molar-refractivity contribution is 5.88. The number of rotatable bonds is 5. The first-order valence-corrected chi connectivity index (χ1v) is 8.32. The normalized spacial score (nSPS) is 19.2. The summed E-state index contributed by atoms with van der Waals surface area (Å²) in [5.74, 6) is -0.0643. The summed E-state index contributed by atoms with van der Waals surface area (Å²) in [5, 5.41) is 17.0. The maximum Gasteiger partial charge on any atom is 0.221 e. The van der Waals surface area contributed by atoms with Crippen LogP contribution in [0.3, 0.4) is 0 Å². The smallest absolute Gasteiger partial charge is 0.221 e. The number of carbonyl (C=O) groups is 1. The van der Waals surface area contributed by atoms with Crippen molar-refractivity contribution in [1.29, 1.82) is 0 Å². The number of carbonyl (C=O) groups excluding carboxylic acids is 1. The lowest BCUT2D eigenvalue weighted by Gasteiger charge is -2.29. The molecule has 1 aromatic carbocycles. The van der Waals surface area contributed by atoms with Crippen LogP contribution in [0, 0.1) is 0 Å². The van der Waals surface area contributed by atoms with Gasteiger partial charge in [0.2, 0.25) is 5.91 Å². The van der Waals surface area contributed by atoms with Crippen LogP contribution in [-0.2, 0) is 4.79 Å². The molecule has 1 aliphatic carbocycles. The second-order valence-electron chi connectivity index (χ2n) is 6.55. The van der Waals surface area contributed by atoms with Crippen molar-refractivity contribution < 1.29 is 9.90 Å². The van der Waals surface area contributed by atoms with E-state index in [0.717, 1.165) is 36.9 Å². The molecule has 4 nitrogen and oxygen atoms in total. The van der Waals surface area contributed by atoms with Gasteiger partial charge in [-0.3, -0.25) is 4.79 Å². The topological polar surface area (TPSA) is 61.4 Å². The monoisotopic (exact) mass is 304 g/mol. The van der Waals surface area contributed by atoms with Crippen LogP contribution >= 0.6 is 0 Å². The number of aliphatic hydroxyl groups is 1. The molecule has 3 N–H and O–H groups in total. The van der Waals surface area contributed by atoms with Crippen molar-refractivity contribution in [3.8, 4) is 0 Å². The van der Waals surface area contributed by atoms with E-state index < -0.39 is 5.60 Å². The molecule has 1 fully saturated rings. The molecule has 2 rings (SSSR count). The summed E-state index contributed by atoms with van der Waals surface area (Å²) in [5.41, 5.74) is 1.36. The van der Waals surface area contributed by atoms with Crippen molar-refractivity contribution in [3.63, 3.8) is 0 Å². The van der Waals surface area contributed by atoms with Crippen LogP contribution in [0.4, 0.5) is 5.69 Å². The van der Waals surface area contributed by atoms with Crippen molar-refractivity contribution in [3.05, 3.63) is 29.8 Å². The molecular formula is C18H28N2O2. The predicted octanol–water partition coefficient (Wildman–Crippen LogP) is 3.38. The molecule has 1 atom stereocenters. The number of anilines is 1. The Labute approximate surface area is 133 Å². The molecule has 0 heterocycles. The molecule has 1 saturated carbocycles. The number of hydrogen-bond donors (Lipinski definition) is 3. The largest absolute Gasteiger partial charge is 0.389 e. The number of nitrogens with one attached hydrogen (secondary N) is 2. The summed E-state index contributed by atoms with van der Waals surface area (Å²) in [4.78, 5) is 11.1. The molecule has 1 amide bonds. The highest BCUT2D eigenvalue weighted by atomic mass is 16.3. The van der Waals surface area contributed by atoms with E-state index in [1.165, 1.54) is 19.8 Å². The zero-order valence-electron chi connectivity index (χ0n) is 13.7. The highest BCUT2D eigenvalue weighted by Crippen LogP contribution is 2.27. The van der Waals surface area contributed by atoms with Crippen LogP contribution in [0.5, 0.6) is 0 Å². The quantitative estimate of drug-likeness (QED) is 0.731. The van der Waals surface area contributed by atoms with Gasteiger partial charge in [-0.1, -0.05) is 37.8 Å². The van der Waals surface area contributed by atoms with Crippen LogP contribution in [0.2, 0.25) is 0 Å². The van der Waals surface area contributed by atoms with Gasteiger partial charge in [-0.25, -0.2) is 0 Å². The van der Waals surface area contributed by atoms with E-state index in [-0.39, 0.29) is 11.9 Å². The second-order valence-corrected chi connectivity index (χ2v) is 6.55. The molecule has 0 radical (unpaired) electrons. The van der Waals surface area contributed by atoms with E-state index in [4.69, 9.17) is 0 Å². The molecule has 0 bridgehead atoms. The van der Waals surface area contributed by atoms with Gasteiger partial charge in [0, 0.05) is 25.2 Å². The average molecular weight is 304 g/mol. The van der Waals surface area contributed by atoms with E-state index in [1.807, 2.05) is 24.3 Å². The van der Waals surface area contributed by atoms with Gasteiger partial charge in [-0.15, -0.1) is 0 Å². The minimum atomic E-state index is -0.569. The van der Waals surface area contributed by atoms with E-state index in [0.29, 0.717) is 6.54 Å². The fraction of sp³-hybridized carbons (Fsp3) is 0.611. The van der Waals surface area contributed by atoms with Crippen LogP contribution in [-0.4, -0.2) is 23.2 Å². The third-order valence-corrected chi connectivity index (χ3v) is 4.48. The molecule has 0 saturated heterocycles. The van der Waals surface area contributed by atoms with E-state index in [1.54, 1.807) is 0 Å². The Morgan fingerprint density at radius 1 is 1.27 bits per heavy atom. The summed E-state index contributed by atoms with van der Waals surface area (Å²) in [6.45, 7) is 4.22. The third kappa shape index (κ3) is 5.11. The predicted molar refractivity (Wildman–Crippen MR) is 89.8 cm³/mol. The van der Waals surface area contributed by atoms with Crippen molar-refractivity contribution in [2.45, 2.75) is 64.0 Å². The average Bonchev–Trinajstić information content (AvgIpc) is 2.70. The molecule has 0 aromatic heterocycles. The molecule has 0 aliphatic heterocycles. The summed E-state index contributed by atoms with van der Waals surface area (Å²) in [6.07, 6.45) is 6.47. The second kappa shape index (κ2) is 7.75. The summed E-state index contributed by atoms with van der Waals surface area (Å²) < 4.78 is 0. The molecule has 1 aromatic rings. The van der Waals surface area contributed by atoms with Gasteiger partial charge in [-0.05, 0) is 37.5 Å². The summed E-state index contributed by atoms with van der Waals surface area (Å²) >= 11 is 0. The van der Waals surface area contributed by atoms with Gasteiger partial charge in [0.1, 0.15) is 0 Å². The minimum absolute atomic E-state index is 0.0643. The lowest BCUT2D eigenvalue weighted by molar-refractivity contribution is -0.114. The lowest BCUT2D eigenvalue weighted by Crippen LogP contribution is -2.41. The first-order valence-electron chi connectivity index (χ1n) is 8.32. The highest BCUT2D eigenvalue weighted by Gasteiger charge is 2.28. The number of benzene rings is 1. The van der Waals surface area contributed by atoms with Crippen molar-refractivity contribution in [1.82, 2.24) is 5.32 Å². The van der Waals surface area contributed by atoms with Crippen LogP contribution < -0.4 is 10.6 Å². The Balaban J connectivity index is 1.93. The molecule has 1 aliphatic rings. The van der Waals surface area contributed by atoms with Gasteiger partial charge >= 0.3 is 0 Å². The Bertz CT molecular complexity index is 494. The van der Waals surface area contributed by atoms with Gasteiger partial charge in [0.05, 0.1) is 5.60 Å². The van der Waals surface area contributed by atoms with E-state index >= 15 is 0 Å². The molecule has 4 heteroatoms. The summed E-state index contributed by atoms with van der Waals surface area (Å²) in [7, 11) is 0. The zero-order valence-corrected chi connectivity index (χ0v) is 13.7. The molecule has 1 unspecified atom stereocenters. The van der Waals surface area contributed by atoms with Gasteiger partial charge < -0.3 is 15.7 Å². The molecule has 0 spiro atoms. The Kier molecular flexibility index (Phi) is 5.98. The maximum atomic E-state index is 11.1. The SMILES string of the molecule is CC(=O)Nc1cccc(C(C)NCC2(O)CCCCCC2)c1. The van der Waals surface area contributed by atoms with Crippen molar-refractivity contribution in [2.24, 2.45) is 0 Å². The first-order chi connectivity index (χ1) is 10.5. The van der Waals surface area contributed by atoms with Gasteiger partial charge in [0.25, 0.3) is 0 Å². The van der Waals surface area contributed by atoms with Crippen LogP contribution in [0.1, 0.15) is 64.0 Å². The lowest BCUT2D eigenvalue weighted by atomic mass is 9.94. The third-order valence-electron chi connectivity index (χ3n) is 4.48. The van der Waals surface area contributed by atoms with E-state index in [2.05, 4.69) is 17.6 Å². The fourth-order valence-corrected chi connectivity index (χ4v) is 3.11. The number of amides is 1. The number of hydrogen-bond acceptors (Lipinski definition) is 3. The first kappa shape index (κ1) is 17.0. The zero-order chi connectivity index (χ0) is 16.0.